The van der Waals surface area contributed by atoms with Crippen LogP contribution < -0.4 is 5.32 Å². The van der Waals surface area contributed by atoms with Crippen molar-refractivity contribution in [2.75, 3.05) is 20.2 Å². The quantitative estimate of drug-likeness (QED) is 0.490. The maximum atomic E-state index is 9.91. The van der Waals surface area contributed by atoms with E-state index in [1.165, 1.54) is 0 Å². The van der Waals surface area contributed by atoms with Crippen LogP contribution in [0.2, 0.25) is 0 Å². The zero-order valence-corrected chi connectivity index (χ0v) is 5.63. The van der Waals surface area contributed by atoms with E-state index in [1.54, 1.807) is 7.05 Å². The second kappa shape index (κ2) is 5.72. The van der Waals surface area contributed by atoms with Gasteiger partial charge in [-0.05, 0) is 7.05 Å². The van der Waals surface area contributed by atoms with Gasteiger partial charge in [-0.1, -0.05) is 0 Å². The molecule has 54 valence electrons. The normalized spacial score (nSPS) is 13.1. The predicted molar refractivity (Wildman–Crippen MR) is 35.2 cm³/mol. The van der Waals surface area contributed by atoms with Crippen LogP contribution in [0.1, 0.15) is 6.42 Å². The maximum Gasteiger partial charge on any atom is 0.120 e. The first-order chi connectivity index (χ1) is 4.35. The van der Waals surface area contributed by atoms with Crippen molar-refractivity contribution in [1.82, 2.24) is 5.32 Å². The van der Waals surface area contributed by atoms with Crippen LogP contribution in [0.4, 0.5) is 0 Å². The van der Waals surface area contributed by atoms with Gasteiger partial charge in [0.15, 0.2) is 0 Å². The Hall–Kier alpha value is -0.410. The van der Waals surface area contributed by atoms with Crippen molar-refractivity contribution in [2.24, 2.45) is 5.92 Å². The Morgan fingerprint density at radius 1 is 1.78 bits per heavy atom. The zero-order valence-electron chi connectivity index (χ0n) is 5.63. The molecule has 0 spiro atoms. The van der Waals surface area contributed by atoms with Gasteiger partial charge in [-0.3, -0.25) is 0 Å². The topological polar surface area (TPSA) is 49.3 Å². The van der Waals surface area contributed by atoms with Crippen molar-refractivity contribution >= 4 is 6.29 Å². The van der Waals surface area contributed by atoms with Gasteiger partial charge in [0.05, 0.1) is 0 Å². The number of rotatable bonds is 5. The van der Waals surface area contributed by atoms with E-state index in [2.05, 4.69) is 5.32 Å². The highest BCUT2D eigenvalue weighted by Gasteiger charge is 2.03. The van der Waals surface area contributed by atoms with Gasteiger partial charge in [0.2, 0.25) is 0 Å². The first-order valence-electron chi connectivity index (χ1n) is 3.04. The van der Waals surface area contributed by atoms with Crippen LogP contribution in [0, 0.1) is 5.92 Å². The minimum absolute atomic E-state index is 0.0829. The van der Waals surface area contributed by atoms with Gasteiger partial charge in [-0.25, -0.2) is 0 Å². The molecule has 2 N–H and O–H groups in total. The molecule has 0 aromatic carbocycles. The Bertz CT molecular complexity index is 75.5. The highest BCUT2D eigenvalue weighted by molar-refractivity contribution is 5.49. The van der Waals surface area contributed by atoms with Crippen LogP contribution in [0.3, 0.4) is 0 Å². The van der Waals surface area contributed by atoms with E-state index in [-0.39, 0.29) is 12.5 Å². The zero-order chi connectivity index (χ0) is 7.11. The summed E-state index contributed by atoms with van der Waals surface area (Å²) in [7, 11) is 1.80. The molecule has 0 aliphatic carbocycles. The minimum Gasteiger partial charge on any atom is -0.396 e. The second-order valence-corrected chi connectivity index (χ2v) is 2.01. The number of aliphatic hydroxyl groups is 1. The fourth-order valence-corrected chi connectivity index (χ4v) is 0.647. The van der Waals surface area contributed by atoms with Crippen LogP contribution in [0.5, 0.6) is 0 Å². The van der Waals surface area contributed by atoms with Gasteiger partial charge in [0, 0.05) is 25.5 Å². The van der Waals surface area contributed by atoms with Crippen molar-refractivity contribution in [1.29, 1.82) is 0 Å². The van der Waals surface area contributed by atoms with Gasteiger partial charge in [0.1, 0.15) is 6.29 Å². The van der Waals surface area contributed by atoms with Crippen LogP contribution >= 0.6 is 0 Å². The highest BCUT2D eigenvalue weighted by Crippen LogP contribution is 1.95. The van der Waals surface area contributed by atoms with Gasteiger partial charge >= 0.3 is 0 Å². The minimum atomic E-state index is 0.0829. The van der Waals surface area contributed by atoms with E-state index in [4.69, 9.17) is 5.11 Å². The second-order valence-electron chi connectivity index (χ2n) is 2.01. The summed E-state index contributed by atoms with van der Waals surface area (Å²) in [5.41, 5.74) is 0. The number of carbonyl (C=O) groups excluding carboxylic acids is 1. The molecule has 0 heterocycles. The summed E-state index contributed by atoms with van der Waals surface area (Å²) in [6, 6.07) is 0. The first-order valence-corrected chi connectivity index (χ1v) is 3.04. The van der Waals surface area contributed by atoms with Crippen LogP contribution in [0.15, 0.2) is 0 Å². The lowest BCUT2D eigenvalue weighted by molar-refractivity contribution is -0.108. The van der Waals surface area contributed by atoms with Crippen LogP contribution in [-0.2, 0) is 4.79 Å². The average Bonchev–Trinajstić information content (AvgIpc) is 1.88. The summed E-state index contributed by atoms with van der Waals surface area (Å²) in [5, 5.41) is 11.5. The van der Waals surface area contributed by atoms with Gasteiger partial charge in [-0.15, -0.1) is 0 Å². The molecule has 1 unspecified atom stereocenters. The van der Waals surface area contributed by atoms with E-state index < -0.39 is 0 Å². The Morgan fingerprint density at radius 2 is 2.44 bits per heavy atom. The molecule has 3 nitrogen and oxygen atoms in total. The summed E-state index contributed by atoms with van der Waals surface area (Å²) >= 11 is 0. The largest absolute Gasteiger partial charge is 0.396 e. The fraction of sp³-hybridized carbons (Fsp3) is 0.833. The first kappa shape index (κ1) is 8.59. The molecule has 3 heteroatoms. The van der Waals surface area contributed by atoms with Crippen molar-refractivity contribution in [2.45, 2.75) is 6.42 Å². The smallest absolute Gasteiger partial charge is 0.120 e. The molecular weight excluding hydrogens is 118 g/mol. The van der Waals surface area contributed by atoms with Crippen molar-refractivity contribution in [3.63, 3.8) is 0 Å². The maximum absolute atomic E-state index is 9.91. The standard InChI is InChI=1S/C6H13NO2/c1-7-4-6(5-9)2-3-8/h3,6-7,9H,2,4-5H2,1H3. The number of hydrogen-bond donors (Lipinski definition) is 2. The molecule has 0 saturated carbocycles. The molecule has 0 fully saturated rings. The summed E-state index contributed by atoms with van der Waals surface area (Å²) in [6.45, 7) is 0.787. The van der Waals surface area contributed by atoms with Gasteiger partial charge in [0.25, 0.3) is 0 Å². The molecule has 0 bridgehead atoms. The lowest BCUT2D eigenvalue weighted by Gasteiger charge is -2.07. The summed E-state index contributed by atoms with van der Waals surface area (Å²) < 4.78 is 0. The predicted octanol–water partition coefficient (Wildman–Crippen LogP) is -0.597. The lowest BCUT2D eigenvalue weighted by atomic mass is 10.1. The van der Waals surface area contributed by atoms with Gasteiger partial charge < -0.3 is 15.2 Å². The van der Waals surface area contributed by atoms with Crippen LogP contribution in [-0.4, -0.2) is 31.6 Å². The molecule has 0 rings (SSSR count). The van der Waals surface area contributed by atoms with E-state index in [0.717, 1.165) is 6.29 Å². The Labute approximate surface area is 55.1 Å². The lowest BCUT2D eigenvalue weighted by Crippen LogP contribution is -2.21. The molecule has 0 aromatic rings. The third-order valence-electron chi connectivity index (χ3n) is 1.18. The average molecular weight is 131 g/mol. The van der Waals surface area contributed by atoms with E-state index in [9.17, 15) is 4.79 Å². The number of hydrogen-bond acceptors (Lipinski definition) is 3. The van der Waals surface area contributed by atoms with Crippen molar-refractivity contribution in [3.8, 4) is 0 Å². The monoisotopic (exact) mass is 131 g/mol. The number of carbonyl (C=O) groups is 1. The molecule has 0 saturated heterocycles. The summed E-state index contributed by atoms with van der Waals surface area (Å²) in [6.07, 6.45) is 1.27. The van der Waals surface area contributed by atoms with E-state index in [1.807, 2.05) is 0 Å². The molecule has 9 heavy (non-hydrogen) atoms. The van der Waals surface area contributed by atoms with Gasteiger partial charge in [-0.2, -0.15) is 0 Å². The number of nitrogens with one attached hydrogen (secondary N) is 1. The third-order valence-corrected chi connectivity index (χ3v) is 1.18. The molecule has 1 atom stereocenters. The molecule has 0 radical (unpaired) electrons. The highest BCUT2D eigenvalue weighted by atomic mass is 16.3. The Morgan fingerprint density at radius 3 is 2.78 bits per heavy atom. The summed E-state index contributed by atoms with van der Waals surface area (Å²) in [5.74, 6) is 0.0903. The van der Waals surface area contributed by atoms with Crippen LogP contribution in [0.25, 0.3) is 0 Å². The molecular formula is C6H13NO2. The molecule has 0 amide bonds. The molecule has 0 aliphatic rings. The SMILES string of the molecule is CNCC(CO)CC=O. The molecule has 0 aliphatic heterocycles. The Kier molecular flexibility index (Phi) is 5.46. The summed E-state index contributed by atoms with van der Waals surface area (Å²) in [4.78, 5) is 9.91. The van der Waals surface area contributed by atoms with E-state index >= 15 is 0 Å². The third kappa shape index (κ3) is 4.12. The van der Waals surface area contributed by atoms with E-state index in [0.29, 0.717) is 13.0 Å². The fourth-order valence-electron chi connectivity index (χ4n) is 0.647. The van der Waals surface area contributed by atoms with Crippen molar-refractivity contribution < 1.29 is 9.90 Å². The van der Waals surface area contributed by atoms with Crippen molar-refractivity contribution in [3.05, 3.63) is 0 Å². The number of aldehydes is 1. The Balaban J connectivity index is 3.28. The number of aliphatic hydroxyl groups excluding tert-OH is 1. The molecule has 0 aromatic heterocycles.